The predicted octanol–water partition coefficient (Wildman–Crippen LogP) is 3.53. The lowest BCUT2D eigenvalue weighted by atomic mass is 9.81. The standard InChI is InChI=1S/C13H19BrN2/c14-12-8-6-11(7-9-12)13(16-15)10-4-2-1-3-5-10/h6-10,13,16H,1-5,15H2. The highest BCUT2D eigenvalue weighted by Gasteiger charge is 2.23. The molecule has 3 N–H and O–H groups in total. The van der Waals surface area contributed by atoms with E-state index in [4.69, 9.17) is 5.84 Å². The topological polar surface area (TPSA) is 38.0 Å². The molecule has 1 saturated carbocycles. The van der Waals surface area contributed by atoms with Gasteiger partial charge < -0.3 is 0 Å². The van der Waals surface area contributed by atoms with Crippen LogP contribution in [0.3, 0.4) is 0 Å². The summed E-state index contributed by atoms with van der Waals surface area (Å²) in [5.74, 6) is 6.41. The van der Waals surface area contributed by atoms with Crippen LogP contribution in [0.5, 0.6) is 0 Å². The van der Waals surface area contributed by atoms with Crippen molar-refractivity contribution in [2.75, 3.05) is 0 Å². The summed E-state index contributed by atoms with van der Waals surface area (Å²) in [6.45, 7) is 0. The molecule has 1 unspecified atom stereocenters. The number of nitrogens with two attached hydrogens (primary N) is 1. The largest absolute Gasteiger partial charge is 0.271 e. The van der Waals surface area contributed by atoms with Gasteiger partial charge in [-0.25, -0.2) is 0 Å². The fourth-order valence-corrected chi connectivity index (χ4v) is 2.91. The van der Waals surface area contributed by atoms with Crippen LogP contribution in [0.2, 0.25) is 0 Å². The smallest absolute Gasteiger partial charge is 0.0488 e. The van der Waals surface area contributed by atoms with Crippen LogP contribution in [0.1, 0.15) is 43.7 Å². The van der Waals surface area contributed by atoms with E-state index in [-0.39, 0.29) is 0 Å². The first-order chi connectivity index (χ1) is 7.81. The molecule has 0 bridgehead atoms. The molecule has 1 fully saturated rings. The molecule has 2 nitrogen and oxygen atoms in total. The zero-order chi connectivity index (χ0) is 11.4. The Balaban J connectivity index is 2.11. The van der Waals surface area contributed by atoms with E-state index in [0.717, 1.165) is 4.47 Å². The van der Waals surface area contributed by atoms with Gasteiger partial charge in [-0.1, -0.05) is 47.3 Å². The van der Waals surface area contributed by atoms with Crippen molar-refractivity contribution in [3.63, 3.8) is 0 Å². The Morgan fingerprint density at radius 1 is 1.12 bits per heavy atom. The van der Waals surface area contributed by atoms with E-state index in [1.807, 2.05) is 0 Å². The molecule has 1 aliphatic carbocycles. The van der Waals surface area contributed by atoms with Gasteiger partial charge in [0.2, 0.25) is 0 Å². The number of hydrazine groups is 1. The van der Waals surface area contributed by atoms with E-state index in [2.05, 4.69) is 45.6 Å². The van der Waals surface area contributed by atoms with Crippen LogP contribution < -0.4 is 11.3 Å². The van der Waals surface area contributed by atoms with Crippen LogP contribution in [0.15, 0.2) is 28.7 Å². The van der Waals surface area contributed by atoms with Crippen LogP contribution in [0, 0.1) is 5.92 Å². The van der Waals surface area contributed by atoms with Crippen LogP contribution in [-0.2, 0) is 0 Å². The van der Waals surface area contributed by atoms with Gasteiger partial charge in [-0.15, -0.1) is 0 Å². The molecule has 16 heavy (non-hydrogen) atoms. The van der Waals surface area contributed by atoms with Crippen molar-refractivity contribution >= 4 is 15.9 Å². The molecule has 1 aromatic carbocycles. The number of hydrogen-bond acceptors (Lipinski definition) is 2. The molecule has 1 aliphatic rings. The average molecular weight is 283 g/mol. The maximum Gasteiger partial charge on any atom is 0.0488 e. The summed E-state index contributed by atoms with van der Waals surface area (Å²) >= 11 is 3.46. The average Bonchev–Trinajstić information content (AvgIpc) is 2.34. The second kappa shape index (κ2) is 5.80. The molecule has 88 valence electrons. The van der Waals surface area contributed by atoms with E-state index < -0.39 is 0 Å². The van der Waals surface area contributed by atoms with Gasteiger partial charge in [-0.2, -0.15) is 0 Å². The molecular formula is C13H19BrN2. The Hall–Kier alpha value is -0.380. The molecule has 0 aromatic heterocycles. The third-order valence-corrected chi connectivity index (χ3v) is 4.06. The Labute approximate surface area is 106 Å². The van der Waals surface area contributed by atoms with Crippen LogP contribution >= 0.6 is 15.9 Å². The normalized spacial score (nSPS) is 19.6. The fourth-order valence-electron chi connectivity index (χ4n) is 2.64. The minimum Gasteiger partial charge on any atom is -0.271 e. The van der Waals surface area contributed by atoms with E-state index in [1.165, 1.54) is 37.7 Å². The lowest BCUT2D eigenvalue weighted by Gasteiger charge is -2.30. The monoisotopic (exact) mass is 282 g/mol. The van der Waals surface area contributed by atoms with Crippen molar-refractivity contribution in [1.29, 1.82) is 0 Å². The predicted molar refractivity (Wildman–Crippen MR) is 70.8 cm³/mol. The van der Waals surface area contributed by atoms with E-state index in [1.54, 1.807) is 0 Å². The fraction of sp³-hybridized carbons (Fsp3) is 0.538. The first-order valence-corrected chi connectivity index (χ1v) is 6.82. The van der Waals surface area contributed by atoms with Crippen molar-refractivity contribution in [3.8, 4) is 0 Å². The Bertz CT molecular complexity index is 317. The van der Waals surface area contributed by atoms with Crippen LogP contribution in [0.4, 0.5) is 0 Å². The number of nitrogens with one attached hydrogen (secondary N) is 1. The van der Waals surface area contributed by atoms with Gasteiger partial charge >= 0.3 is 0 Å². The highest BCUT2D eigenvalue weighted by Crippen LogP contribution is 2.34. The second-order valence-corrected chi connectivity index (χ2v) is 5.51. The zero-order valence-electron chi connectivity index (χ0n) is 9.45. The highest BCUT2D eigenvalue weighted by molar-refractivity contribution is 9.10. The molecule has 3 heteroatoms. The minimum absolute atomic E-state index is 0.313. The molecule has 0 heterocycles. The lowest BCUT2D eigenvalue weighted by molar-refractivity contribution is 0.273. The Morgan fingerprint density at radius 3 is 2.31 bits per heavy atom. The first-order valence-electron chi connectivity index (χ1n) is 6.03. The lowest BCUT2D eigenvalue weighted by Crippen LogP contribution is -2.34. The van der Waals surface area contributed by atoms with Gasteiger partial charge in [0.25, 0.3) is 0 Å². The summed E-state index contributed by atoms with van der Waals surface area (Å²) in [5, 5.41) is 0. The molecule has 0 amide bonds. The molecule has 2 rings (SSSR count). The van der Waals surface area contributed by atoms with Crippen LogP contribution in [0.25, 0.3) is 0 Å². The van der Waals surface area contributed by atoms with Crippen molar-refractivity contribution in [1.82, 2.24) is 5.43 Å². The zero-order valence-corrected chi connectivity index (χ0v) is 11.0. The minimum atomic E-state index is 0.313. The maximum atomic E-state index is 5.71. The van der Waals surface area contributed by atoms with Gasteiger partial charge in [-0.3, -0.25) is 11.3 Å². The van der Waals surface area contributed by atoms with Gasteiger partial charge in [0.15, 0.2) is 0 Å². The molecule has 1 aromatic rings. The number of rotatable bonds is 3. The summed E-state index contributed by atoms with van der Waals surface area (Å²) in [5.41, 5.74) is 4.30. The Kier molecular flexibility index (Phi) is 4.38. The van der Waals surface area contributed by atoms with Gasteiger partial charge in [0.1, 0.15) is 0 Å². The number of hydrogen-bond donors (Lipinski definition) is 2. The van der Waals surface area contributed by atoms with E-state index in [0.29, 0.717) is 12.0 Å². The summed E-state index contributed by atoms with van der Waals surface area (Å²) in [6.07, 6.45) is 6.67. The quantitative estimate of drug-likeness (QED) is 0.658. The van der Waals surface area contributed by atoms with Crippen molar-refractivity contribution < 1.29 is 0 Å². The molecule has 0 aliphatic heterocycles. The van der Waals surface area contributed by atoms with Crippen molar-refractivity contribution in [2.45, 2.75) is 38.1 Å². The van der Waals surface area contributed by atoms with Crippen molar-refractivity contribution in [2.24, 2.45) is 11.8 Å². The maximum absolute atomic E-state index is 5.71. The molecule has 1 atom stereocenters. The van der Waals surface area contributed by atoms with Crippen LogP contribution in [-0.4, -0.2) is 0 Å². The van der Waals surface area contributed by atoms with Gasteiger partial charge in [-0.05, 0) is 36.5 Å². The first kappa shape index (κ1) is 12.1. The second-order valence-electron chi connectivity index (χ2n) is 4.59. The summed E-state index contributed by atoms with van der Waals surface area (Å²) in [4.78, 5) is 0. The van der Waals surface area contributed by atoms with E-state index in [9.17, 15) is 0 Å². The SMILES string of the molecule is NNC(c1ccc(Br)cc1)C1CCCCC1. The summed E-state index contributed by atoms with van der Waals surface area (Å²) < 4.78 is 1.12. The third kappa shape index (κ3) is 2.84. The number of benzene rings is 1. The molecular weight excluding hydrogens is 264 g/mol. The molecule has 0 spiro atoms. The summed E-state index contributed by atoms with van der Waals surface area (Å²) in [7, 11) is 0. The van der Waals surface area contributed by atoms with Gasteiger partial charge in [0.05, 0.1) is 0 Å². The van der Waals surface area contributed by atoms with Crippen molar-refractivity contribution in [3.05, 3.63) is 34.3 Å². The van der Waals surface area contributed by atoms with Gasteiger partial charge in [0, 0.05) is 10.5 Å². The third-order valence-electron chi connectivity index (χ3n) is 3.53. The Morgan fingerprint density at radius 2 is 1.75 bits per heavy atom. The number of halogens is 1. The summed E-state index contributed by atoms with van der Waals surface area (Å²) in [6, 6.07) is 8.80. The van der Waals surface area contributed by atoms with E-state index >= 15 is 0 Å². The highest BCUT2D eigenvalue weighted by atomic mass is 79.9. The molecule has 0 radical (unpaired) electrons. The molecule has 0 saturated heterocycles.